The average Bonchev–Trinajstić information content (AvgIpc) is 2.56. The second-order valence-corrected chi connectivity index (χ2v) is 6.94. The molecule has 0 saturated heterocycles. The van der Waals surface area contributed by atoms with Crippen LogP contribution in [-0.4, -0.2) is 11.5 Å². The van der Waals surface area contributed by atoms with E-state index < -0.39 is 0 Å². The molecule has 2 aromatic rings. The van der Waals surface area contributed by atoms with E-state index in [1.807, 2.05) is 30.5 Å². The van der Waals surface area contributed by atoms with Gasteiger partial charge in [-0.05, 0) is 61.1 Å². The third-order valence-electron chi connectivity index (χ3n) is 4.14. The number of nitrogens with one attached hydrogen (secondary N) is 1. The van der Waals surface area contributed by atoms with E-state index in [-0.39, 0.29) is 0 Å². The highest BCUT2D eigenvalue weighted by Gasteiger charge is 2.12. The maximum absolute atomic E-state index is 6.02. The molecule has 0 saturated carbocycles. The van der Waals surface area contributed by atoms with Gasteiger partial charge in [-0.25, -0.2) is 0 Å². The highest BCUT2D eigenvalue weighted by Crippen LogP contribution is 2.27. The Labute approximate surface area is 145 Å². The Kier molecular flexibility index (Phi) is 7.57. The zero-order valence-electron chi connectivity index (χ0n) is 14.1. The molecule has 1 heterocycles. The number of benzene rings is 1. The van der Waals surface area contributed by atoms with Crippen LogP contribution >= 0.6 is 11.6 Å². The van der Waals surface area contributed by atoms with Gasteiger partial charge in [0.1, 0.15) is 0 Å². The Hall–Kier alpha value is -1.38. The van der Waals surface area contributed by atoms with Crippen LogP contribution in [0.25, 0.3) is 0 Å². The zero-order chi connectivity index (χ0) is 16.5. The van der Waals surface area contributed by atoms with E-state index in [9.17, 15) is 0 Å². The van der Waals surface area contributed by atoms with Crippen LogP contribution in [0.15, 0.2) is 48.7 Å². The SMILES string of the molecule is CC(C)CC[C@H](CCNCc1ccccn1)c1ccc(Cl)cc1. The summed E-state index contributed by atoms with van der Waals surface area (Å²) in [7, 11) is 0. The predicted molar refractivity (Wildman–Crippen MR) is 98.8 cm³/mol. The lowest BCUT2D eigenvalue weighted by atomic mass is 9.89. The first-order valence-corrected chi connectivity index (χ1v) is 8.89. The van der Waals surface area contributed by atoms with Crippen LogP contribution in [-0.2, 0) is 6.54 Å². The molecule has 1 aromatic heterocycles. The molecule has 1 atom stereocenters. The molecule has 124 valence electrons. The first-order chi connectivity index (χ1) is 11.1. The molecule has 0 aliphatic rings. The summed E-state index contributed by atoms with van der Waals surface area (Å²) in [6.07, 6.45) is 5.47. The number of hydrogen-bond acceptors (Lipinski definition) is 2. The molecule has 0 amide bonds. The van der Waals surface area contributed by atoms with Gasteiger partial charge >= 0.3 is 0 Å². The van der Waals surface area contributed by atoms with Crippen LogP contribution in [0.2, 0.25) is 5.02 Å². The van der Waals surface area contributed by atoms with E-state index >= 15 is 0 Å². The smallest absolute Gasteiger partial charge is 0.0541 e. The first-order valence-electron chi connectivity index (χ1n) is 8.51. The van der Waals surface area contributed by atoms with E-state index in [0.29, 0.717) is 5.92 Å². The maximum Gasteiger partial charge on any atom is 0.0541 e. The minimum Gasteiger partial charge on any atom is -0.311 e. The first kappa shape index (κ1) is 18.0. The molecule has 1 aromatic carbocycles. The van der Waals surface area contributed by atoms with Gasteiger partial charge in [-0.3, -0.25) is 4.98 Å². The van der Waals surface area contributed by atoms with Crippen LogP contribution in [0.5, 0.6) is 0 Å². The molecule has 0 aliphatic carbocycles. The molecule has 0 radical (unpaired) electrons. The maximum atomic E-state index is 6.02. The highest BCUT2D eigenvalue weighted by molar-refractivity contribution is 6.30. The van der Waals surface area contributed by atoms with E-state index in [1.54, 1.807) is 0 Å². The molecule has 0 aliphatic heterocycles. The lowest BCUT2D eigenvalue weighted by Crippen LogP contribution is -2.18. The average molecular weight is 331 g/mol. The molecule has 0 fully saturated rings. The number of nitrogens with zero attached hydrogens (tertiary/aromatic N) is 1. The summed E-state index contributed by atoms with van der Waals surface area (Å²) in [6, 6.07) is 14.4. The van der Waals surface area contributed by atoms with Crippen LogP contribution in [0, 0.1) is 5.92 Å². The van der Waals surface area contributed by atoms with Crippen molar-refractivity contribution in [1.82, 2.24) is 10.3 Å². The van der Waals surface area contributed by atoms with Crippen LogP contribution in [0.3, 0.4) is 0 Å². The van der Waals surface area contributed by atoms with Gasteiger partial charge < -0.3 is 5.32 Å². The quantitative estimate of drug-likeness (QED) is 0.620. The molecule has 23 heavy (non-hydrogen) atoms. The summed E-state index contributed by atoms with van der Waals surface area (Å²) < 4.78 is 0. The molecule has 2 rings (SSSR count). The zero-order valence-corrected chi connectivity index (χ0v) is 14.9. The molecule has 3 heteroatoms. The van der Waals surface area contributed by atoms with Crippen molar-refractivity contribution < 1.29 is 0 Å². The molecular formula is C20H27ClN2. The van der Waals surface area contributed by atoms with E-state index in [2.05, 4.69) is 42.3 Å². The fraction of sp³-hybridized carbons (Fsp3) is 0.450. The summed E-state index contributed by atoms with van der Waals surface area (Å²) in [5, 5.41) is 4.32. The van der Waals surface area contributed by atoms with Gasteiger partial charge in [0.2, 0.25) is 0 Å². The van der Waals surface area contributed by atoms with Crippen molar-refractivity contribution in [2.24, 2.45) is 5.92 Å². The molecule has 0 bridgehead atoms. The predicted octanol–water partition coefficient (Wildman–Crippen LogP) is 5.43. The third kappa shape index (κ3) is 6.72. The van der Waals surface area contributed by atoms with Crippen molar-refractivity contribution in [3.05, 3.63) is 64.9 Å². The van der Waals surface area contributed by atoms with Crippen LogP contribution < -0.4 is 5.32 Å². The van der Waals surface area contributed by atoms with Gasteiger partial charge in [-0.15, -0.1) is 0 Å². The van der Waals surface area contributed by atoms with Crippen LogP contribution in [0.1, 0.15) is 50.3 Å². The minimum atomic E-state index is 0.589. The fourth-order valence-electron chi connectivity index (χ4n) is 2.74. The second-order valence-electron chi connectivity index (χ2n) is 6.51. The van der Waals surface area contributed by atoms with Crippen molar-refractivity contribution >= 4 is 11.6 Å². The molecule has 0 spiro atoms. The number of hydrogen-bond donors (Lipinski definition) is 1. The van der Waals surface area contributed by atoms with E-state index in [0.717, 1.165) is 36.1 Å². The van der Waals surface area contributed by atoms with Gasteiger partial charge in [0.05, 0.1) is 5.69 Å². The second kappa shape index (κ2) is 9.69. The van der Waals surface area contributed by atoms with Crippen LogP contribution in [0.4, 0.5) is 0 Å². The standard InChI is InChI=1S/C20H27ClN2/c1-16(2)6-7-18(17-8-10-19(21)11-9-17)12-14-22-15-20-5-3-4-13-23-20/h3-5,8-11,13,16,18,22H,6-7,12,14-15H2,1-2H3/t18-/m1/s1. The van der Waals surface area contributed by atoms with Crippen molar-refractivity contribution in [2.75, 3.05) is 6.54 Å². The molecule has 2 nitrogen and oxygen atoms in total. The van der Waals surface area contributed by atoms with Gasteiger partial charge in [-0.2, -0.15) is 0 Å². The Balaban J connectivity index is 1.85. The molecule has 1 N–H and O–H groups in total. The largest absolute Gasteiger partial charge is 0.311 e. The van der Waals surface area contributed by atoms with Crippen molar-refractivity contribution in [1.29, 1.82) is 0 Å². The number of halogens is 1. The van der Waals surface area contributed by atoms with Gasteiger partial charge in [0.15, 0.2) is 0 Å². The van der Waals surface area contributed by atoms with Gasteiger partial charge in [0.25, 0.3) is 0 Å². The summed E-state index contributed by atoms with van der Waals surface area (Å²) in [5.41, 5.74) is 2.49. The monoisotopic (exact) mass is 330 g/mol. The van der Waals surface area contributed by atoms with E-state index in [4.69, 9.17) is 11.6 Å². The molecular weight excluding hydrogens is 304 g/mol. The summed E-state index contributed by atoms with van der Waals surface area (Å²) in [4.78, 5) is 4.35. The molecule has 0 unspecified atom stereocenters. The van der Waals surface area contributed by atoms with E-state index in [1.165, 1.54) is 18.4 Å². The van der Waals surface area contributed by atoms with Crippen molar-refractivity contribution in [3.8, 4) is 0 Å². The Morgan fingerprint density at radius 3 is 2.43 bits per heavy atom. The fourth-order valence-corrected chi connectivity index (χ4v) is 2.87. The Morgan fingerprint density at radius 1 is 1.00 bits per heavy atom. The minimum absolute atomic E-state index is 0.589. The summed E-state index contributed by atoms with van der Waals surface area (Å²) in [5.74, 6) is 1.33. The topological polar surface area (TPSA) is 24.9 Å². The van der Waals surface area contributed by atoms with Gasteiger partial charge in [0, 0.05) is 17.8 Å². The Morgan fingerprint density at radius 2 is 1.78 bits per heavy atom. The normalized spacial score (nSPS) is 12.5. The van der Waals surface area contributed by atoms with Crippen molar-refractivity contribution in [2.45, 2.75) is 45.6 Å². The Bertz CT molecular complexity index is 552. The van der Waals surface area contributed by atoms with Crippen molar-refractivity contribution in [3.63, 3.8) is 0 Å². The summed E-state index contributed by atoms with van der Waals surface area (Å²) in [6.45, 7) is 6.41. The number of aromatic nitrogens is 1. The summed E-state index contributed by atoms with van der Waals surface area (Å²) >= 11 is 6.02. The highest BCUT2D eigenvalue weighted by atomic mass is 35.5. The van der Waals surface area contributed by atoms with Gasteiger partial charge in [-0.1, -0.05) is 50.1 Å². The third-order valence-corrected chi connectivity index (χ3v) is 4.39. The lowest BCUT2D eigenvalue weighted by molar-refractivity contribution is 0.469. The number of pyridine rings is 1. The lowest BCUT2D eigenvalue weighted by Gasteiger charge is -2.19. The number of rotatable bonds is 9.